The smallest absolute Gasteiger partial charge is 0.144 e. The molecule has 2 rings (SSSR count). The van der Waals surface area contributed by atoms with Crippen LogP contribution in [0.2, 0.25) is 0 Å². The van der Waals surface area contributed by atoms with E-state index in [1.165, 1.54) is 0 Å². The van der Waals surface area contributed by atoms with Crippen molar-refractivity contribution in [3.8, 4) is 0 Å². The quantitative estimate of drug-likeness (QED) is 0.817. The average Bonchev–Trinajstić information content (AvgIpc) is 2.77. The minimum absolute atomic E-state index is 0.196. The van der Waals surface area contributed by atoms with Gasteiger partial charge in [-0.2, -0.15) is 0 Å². The Kier molecular flexibility index (Phi) is 4.91. The minimum atomic E-state index is 0.196. The van der Waals surface area contributed by atoms with Crippen molar-refractivity contribution in [2.75, 3.05) is 0 Å². The number of hydrogen-bond acceptors (Lipinski definition) is 2. The van der Waals surface area contributed by atoms with E-state index in [1.807, 2.05) is 30.5 Å². The molecule has 0 aliphatic carbocycles. The maximum Gasteiger partial charge on any atom is 0.144 e. The number of aromatic nitrogens is 2. The fraction of sp³-hybridized carbons (Fsp3) is 0.333. The molecule has 1 heterocycles. The molecule has 0 unspecified atom stereocenters. The second kappa shape index (κ2) is 6.66. The molecule has 0 saturated carbocycles. The summed E-state index contributed by atoms with van der Waals surface area (Å²) in [6.07, 6.45) is 5.60. The largest absolute Gasteiger partial charge is 0.335 e. The van der Waals surface area contributed by atoms with E-state index in [2.05, 4.69) is 32.4 Å². The average molecular weight is 321 g/mol. The van der Waals surface area contributed by atoms with Crippen LogP contribution in [-0.2, 0) is 24.2 Å². The molecule has 0 aliphatic rings. The molecule has 0 aliphatic heterocycles. The summed E-state index contributed by atoms with van der Waals surface area (Å²) in [4.78, 5) is 16.3. The first-order valence-corrected chi connectivity index (χ1v) is 7.24. The second-order valence-corrected chi connectivity index (χ2v) is 5.47. The Balaban J connectivity index is 1.99. The Morgan fingerprint density at radius 1 is 1.37 bits per heavy atom. The van der Waals surface area contributed by atoms with Crippen LogP contribution in [0, 0.1) is 0 Å². The van der Waals surface area contributed by atoms with Crippen molar-refractivity contribution in [3.63, 3.8) is 0 Å². The molecule has 0 amide bonds. The molecule has 0 fully saturated rings. The zero-order valence-corrected chi connectivity index (χ0v) is 12.6. The molecule has 0 atom stereocenters. The van der Waals surface area contributed by atoms with E-state index in [9.17, 15) is 4.79 Å². The first kappa shape index (κ1) is 14.0. The number of carbonyl (C=O) groups is 1. The Hall–Kier alpha value is -1.42. The first-order valence-electron chi connectivity index (χ1n) is 6.45. The van der Waals surface area contributed by atoms with Crippen LogP contribution in [0.5, 0.6) is 0 Å². The van der Waals surface area contributed by atoms with Crippen LogP contribution in [0.1, 0.15) is 24.7 Å². The van der Waals surface area contributed by atoms with Crippen LogP contribution < -0.4 is 0 Å². The van der Waals surface area contributed by atoms with Crippen LogP contribution in [-0.4, -0.2) is 15.3 Å². The summed E-state index contributed by atoms with van der Waals surface area (Å²) in [6.45, 7) is 3.03. The van der Waals surface area contributed by atoms with Crippen molar-refractivity contribution < 1.29 is 4.79 Å². The topological polar surface area (TPSA) is 34.9 Å². The Bertz CT molecular complexity index is 563. The van der Waals surface area contributed by atoms with E-state index in [4.69, 9.17) is 0 Å². The number of ketones is 1. The van der Waals surface area contributed by atoms with Crippen LogP contribution in [0.15, 0.2) is 41.1 Å². The SMILES string of the molecule is CCCn1ccnc1CC(=O)Cc1cccc(Br)c1. The van der Waals surface area contributed by atoms with Crippen molar-refractivity contribution in [3.05, 3.63) is 52.5 Å². The molecule has 19 heavy (non-hydrogen) atoms. The van der Waals surface area contributed by atoms with Crippen LogP contribution in [0.3, 0.4) is 0 Å². The van der Waals surface area contributed by atoms with Gasteiger partial charge in [0.25, 0.3) is 0 Å². The highest BCUT2D eigenvalue weighted by molar-refractivity contribution is 9.10. The lowest BCUT2D eigenvalue weighted by atomic mass is 10.1. The molecule has 2 aromatic rings. The number of rotatable bonds is 6. The van der Waals surface area contributed by atoms with E-state index in [1.54, 1.807) is 6.20 Å². The van der Waals surface area contributed by atoms with Gasteiger partial charge in [-0.25, -0.2) is 4.98 Å². The number of carbonyl (C=O) groups excluding carboxylic acids is 1. The maximum atomic E-state index is 12.1. The van der Waals surface area contributed by atoms with Gasteiger partial charge in [0.2, 0.25) is 0 Å². The fourth-order valence-electron chi connectivity index (χ4n) is 2.07. The maximum absolute atomic E-state index is 12.1. The predicted molar refractivity (Wildman–Crippen MR) is 79.1 cm³/mol. The molecule has 1 aromatic heterocycles. The summed E-state index contributed by atoms with van der Waals surface area (Å²) < 4.78 is 3.06. The fourth-order valence-corrected chi connectivity index (χ4v) is 2.51. The molecule has 0 N–H and O–H groups in total. The first-order chi connectivity index (χ1) is 9.19. The molecule has 0 saturated heterocycles. The number of halogens is 1. The van der Waals surface area contributed by atoms with E-state index in [0.29, 0.717) is 12.8 Å². The molecule has 0 radical (unpaired) electrons. The molecule has 100 valence electrons. The second-order valence-electron chi connectivity index (χ2n) is 4.56. The summed E-state index contributed by atoms with van der Waals surface area (Å²) >= 11 is 3.42. The monoisotopic (exact) mass is 320 g/mol. The third-order valence-corrected chi connectivity index (χ3v) is 3.41. The van der Waals surface area contributed by atoms with Gasteiger partial charge in [-0.3, -0.25) is 4.79 Å². The molecule has 0 bridgehead atoms. The number of imidazole rings is 1. The number of benzene rings is 1. The number of Topliss-reactive ketones (excluding diaryl/α,β-unsaturated/α-hetero) is 1. The van der Waals surface area contributed by atoms with Gasteiger partial charge < -0.3 is 4.57 Å². The van der Waals surface area contributed by atoms with E-state index in [0.717, 1.165) is 28.8 Å². The summed E-state index contributed by atoms with van der Waals surface area (Å²) in [5.74, 6) is 1.06. The van der Waals surface area contributed by atoms with Gasteiger partial charge in [0, 0.05) is 29.8 Å². The lowest BCUT2D eigenvalue weighted by Gasteiger charge is -2.06. The summed E-state index contributed by atoms with van der Waals surface area (Å²) in [6, 6.07) is 7.87. The van der Waals surface area contributed by atoms with Crippen LogP contribution in [0.25, 0.3) is 0 Å². The van der Waals surface area contributed by atoms with Crippen molar-refractivity contribution >= 4 is 21.7 Å². The van der Waals surface area contributed by atoms with Gasteiger partial charge >= 0.3 is 0 Å². The molecule has 4 heteroatoms. The third-order valence-electron chi connectivity index (χ3n) is 2.91. The molecular weight excluding hydrogens is 304 g/mol. The van der Waals surface area contributed by atoms with E-state index in [-0.39, 0.29) is 5.78 Å². The van der Waals surface area contributed by atoms with Gasteiger partial charge in [-0.05, 0) is 24.1 Å². The van der Waals surface area contributed by atoms with Crippen molar-refractivity contribution in [1.29, 1.82) is 0 Å². The zero-order valence-electron chi connectivity index (χ0n) is 11.0. The molecule has 3 nitrogen and oxygen atoms in total. The van der Waals surface area contributed by atoms with Gasteiger partial charge in [0.05, 0.1) is 6.42 Å². The third kappa shape index (κ3) is 4.03. The molecular formula is C15H17BrN2O. The Labute approximate surface area is 121 Å². The van der Waals surface area contributed by atoms with E-state index >= 15 is 0 Å². The standard InChI is InChI=1S/C15H17BrN2O/c1-2-7-18-8-6-17-15(18)11-14(19)10-12-4-3-5-13(16)9-12/h3-6,8-9H,2,7,10-11H2,1H3. The zero-order chi connectivity index (χ0) is 13.7. The Morgan fingerprint density at radius 2 is 2.21 bits per heavy atom. The van der Waals surface area contributed by atoms with Crippen molar-refractivity contribution in [1.82, 2.24) is 9.55 Å². The van der Waals surface area contributed by atoms with Crippen LogP contribution in [0.4, 0.5) is 0 Å². The van der Waals surface area contributed by atoms with Crippen LogP contribution >= 0.6 is 15.9 Å². The van der Waals surface area contributed by atoms with Gasteiger partial charge in [-0.15, -0.1) is 0 Å². The van der Waals surface area contributed by atoms with Gasteiger partial charge in [0.1, 0.15) is 11.6 Å². The summed E-state index contributed by atoms with van der Waals surface area (Å²) in [5, 5.41) is 0. The van der Waals surface area contributed by atoms with E-state index < -0.39 is 0 Å². The predicted octanol–water partition coefficient (Wildman–Crippen LogP) is 3.41. The van der Waals surface area contributed by atoms with Gasteiger partial charge in [0.15, 0.2) is 0 Å². The van der Waals surface area contributed by atoms with Gasteiger partial charge in [-0.1, -0.05) is 35.0 Å². The normalized spacial score (nSPS) is 10.6. The number of aryl methyl sites for hydroxylation is 1. The lowest BCUT2D eigenvalue weighted by Crippen LogP contribution is -2.12. The highest BCUT2D eigenvalue weighted by Gasteiger charge is 2.09. The Morgan fingerprint density at radius 3 is 2.95 bits per heavy atom. The highest BCUT2D eigenvalue weighted by atomic mass is 79.9. The molecule has 1 aromatic carbocycles. The number of hydrogen-bond donors (Lipinski definition) is 0. The number of nitrogens with zero attached hydrogens (tertiary/aromatic N) is 2. The minimum Gasteiger partial charge on any atom is -0.335 e. The summed E-state index contributed by atoms with van der Waals surface area (Å²) in [7, 11) is 0. The lowest BCUT2D eigenvalue weighted by molar-refractivity contribution is -0.117. The van der Waals surface area contributed by atoms with Crippen molar-refractivity contribution in [2.24, 2.45) is 0 Å². The summed E-state index contributed by atoms with van der Waals surface area (Å²) in [5.41, 5.74) is 1.04. The van der Waals surface area contributed by atoms with Crippen molar-refractivity contribution in [2.45, 2.75) is 32.7 Å². The highest BCUT2D eigenvalue weighted by Crippen LogP contribution is 2.13. The molecule has 0 spiro atoms.